The fourth-order valence-corrected chi connectivity index (χ4v) is 2.52. The normalized spacial score (nSPS) is 13.6. The van der Waals surface area contributed by atoms with E-state index in [4.69, 9.17) is 5.11 Å². The predicted octanol–water partition coefficient (Wildman–Crippen LogP) is 2.98. The number of aliphatic hydroxyl groups is 1. The number of nitrogens with zero attached hydrogens (tertiary/aromatic N) is 2. The molecule has 5 heteroatoms. The second kappa shape index (κ2) is 5.48. The highest BCUT2D eigenvalue weighted by molar-refractivity contribution is 5.92. The number of fused-ring (bicyclic) bond motifs is 1. The molecule has 114 valence electrons. The summed E-state index contributed by atoms with van der Waals surface area (Å²) in [4.78, 5) is 15.8. The molecular weight excluding hydrogens is 268 g/mol. The Bertz CT molecular complexity index is 668. The van der Waals surface area contributed by atoms with Crippen molar-refractivity contribution in [2.75, 3.05) is 6.61 Å². The van der Waals surface area contributed by atoms with Crippen molar-refractivity contribution in [2.45, 2.75) is 45.6 Å². The van der Waals surface area contributed by atoms with Crippen LogP contribution in [0.1, 0.15) is 56.3 Å². The zero-order valence-corrected chi connectivity index (χ0v) is 12.9. The van der Waals surface area contributed by atoms with Crippen LogP contribution in [0.25, 0.3) is 11.0 Å². The lowest BCUT2D eigenvalue weighted by molar-refractivity contribution is 0.0697. The Labute approximate surface area is 124 Å². The average Bonchev–Trinajstić information content (AvgIpc) is 2.77. The van der Waals surface area contributed by atoms with Crippen molar-refractivity contribution in [1.29, 1.82) is 0 Å². The largest absolute Gasteiger partial charge is 0.478 e. The van der Waals surface area contributed by atoms with Crippen molar-refractivity contribution in [3.63, 3.8) is 0 Å². The number of benzene rings is 1. The SMILES string of the molecule is CC(CCO)n1c(C(C)(C)C)nc2cc(C(=O)O)ccc21. The Morgan fingerprint density at radius 2 is 2.05 bits per heavy atom. The maximum Gasteiger partial charge on any atom is 0.335 e. The molecule has 0 aliphatic heterocycles. The molecule has 1 atom stereocenters. The van der Waals surface area contributed by atoms with E-state index in [-0.39, 0.29) is 23.6 Å². The van der Waals surface area contributed by atoms with Crippen LogP contribution in [-0.4, -0.2) is 32.3 Å². The first-order valence-corrected chi connectivity index (χ1v) is 7.12. The number of carboxylic acids is 1. The molecule has 2 rings (SSSR count). The number of aromatic carboxylic acids is 1. The van der Waals surface area contributed by atoms with Gasteiger partial charge < -0.3 is 14.8 Å². The van der Waals surface area contributed by atoms with Crippen LogP contribution in [0.4, 0.5) is 0 Å². The third-order valence-electron chi connectivity index (χ3n) is 3.59. The van der Waals surface area contributed by atoms with Crippen LogP contribution < -0.4 is 0 Å². The molecule has 5 nitrogen and oxygen atoms in total. The number of aromatic nitrogens is 2. The smallest absolute Gasteiger partial charge is 0.335 e. The Morgan fingerprint density at radius 1 is 1.38 bits per heavy atom. The minimum Gasteiger partial charge on any atom is -0.478 e. The summed E-state index contributed by atoms with van der Waals surface area (Å²) in [5.74, 6) is -0.0480. The van der Waals surface area contributed by atoms with Crippen molar-refractivity contribution < 1.29 is 15.0 Å². The van der Waals surface area contributed by atoms with Crippen LogP contribution in [0, 0.1) is 0 Å². The molecule has 0 aliphatic carbocycles. The van der Waals surface area contributed by atoms with Crippen LogP contribution in [0.2, 0.25) is 0 Å². The Hall–Kier alpha value is -1.88. The first-order chi connectivity index (χ1) is 9.75. The van der Waals surface area contributed by atoms with Gasteiger partial charge in [-0.25, -0.2) is 9.78 Å². The van der Waals surface area contributed by atoms with Crippen molar-refractivity contribution >= 4 is 17.0 Å². The third kappa shape index (κ3) is 2.93. The van der Waals surface area contributed by atoms with E-state index >= 15 is 0 Å². The van der Waals surface area contributed by atoms with Gasteiger partial charge in [0.25, 0.3) is 0 Å². The van der Waals surface area contributed by atoms with E-state index < -0.39 is 5.97 Å². The average molecular weight is 290 g/mol. The summed E-state index contributed by atoms with van der Waals surface area (Å²) in [6, 6.07) is 5.11. The van der Waals surface area contributed by atoms with E-state index in [1.54, 1.807) is 18.2 Å². The molecule has 1 unspecified atom stereocenters. The summed E-state index contributed by atoms with van der Waals surface area (Å²) >= 11 is 0. The predicted molar refractivity (Wildman–Crippen MR) is 81.8 cm³/mol. The second-order valence-corrected chi connectivity index (χ2v) is 6.43. The van der Waals surface area contributed by atoms with Gasteiger partial charge in [0.1, 0.15) is 5.82 Å². The standard InChI is InChI=1S/C16H22N2O3/c1-10(7-8-19)18-13-6-5-11(14(20)21)9-12(13)17-15(18)16(2,3)4/h5-6,9-10,19H,7-8H2,1-4H3,(H,20,21). The second-order valence-electron chi connectivity index (χ2n) is 6.43. The van der Waals surface area contributed by atoms with E-state index in [9.17, 15) is 9.90 Å². The number of aliphatic hydroxyl groups excluding tert-OH is 1. The first-order valence-electron chi connectivity index (χ1n) is 7.12. The number of imidazole rings is 1. The van der Waals surface area contributed by atoms with Gasteiger partial charge in [-0.05, 0) is 31.5 Å². The molecule has 0 radical (unpaired) electrons. The number of hydrogen-bond donors (Lipinski definition) is 2. The van der Waals surface area contributed by atoms with Crippen molar-refractivity contribution in [1.82, 2.24) is 9.55 Å². The molecular formula is C16H22N2O3. The molecule has 1 aromatic heterocycles. The Morgan fingerprint density at radius 3 is 2.57 bits per heavy atom. The number of carbonyl (C=O) groups is 1. The summed E-state index contributed by atoms with van der Waals surface area (Å²) < 4.78 is 2.11. The topological polar surface area (TPSA) is 75.3 Å². The molecule has 0 fully saturated rings. The first kappa shape index (κ1) is 15.5. The zero-order chi connectivity index (χ0) is 15.8. The van der Waals surface area contributed by atoms with Gasteiger partial charge in [-0.1, -0.05) is 20.8 Å². The third-order valence-corrected chi connectivity index (χ3v) is 3.59. The minimum absolute atomic E-state index is 0.102. The monoisotopic (exact) mass is 290 g/mol. The van der Waals surface area contributed by atoms with Gasteiger partial charge in [-0.2, -0.15) is 0 Å². The van der Waals surface area contributed by atoms with Crippen LogP contribution in [0.3, 0.4) is 0 Å². The summed E-state index contributed by atoms with van der Waals surface area (Å²) in [5.41, 5.74) is 1.67. The van der Waals surface area contributed by atoms with Crippen LogP contribution in [0.15, 0.2) is 18.2 Å². The molecule has 0 spiro atoms. The maximum atomic E-state index is 11.1. The number of carboxylic acid groups (broad SMARTS) is 1. The van der Waals surface area contributed by atoms with Gasteiger partial charge in [0.05, 0.1) is 16.6 Å². The van der Waals surface area contributed by atoms with Crippen molar-refractivity contribution in [3.8, 4) is 0 Å². The maximum absolute atomic E-state index is 11.1. The van der Waals surface area contributed by atoms with Gasteiger partial charge in [0, 0.05) is 18.1 Å². The van der Waals surface area contributed by atoms with Gasteiger partial charge in [-0.3, -0.25) is 0 Å². The van der Waals surface area contributed by atoms with E-state index in [1.165, 1.54) is 0 Å². The summed E-state index contributed by atoms with van der Waals surface area (Å²) in [5, 5.41) is 18.3. The molecule has 0 bridgehead atoms. The van der Waals surface area contributed by atoms with E-state index in [0.717, 1.165) is 11.3 Å². The summed E-state index contributed by atoms with van der Waals surface area (Å²) in [7, 11) is 0. The quantitative estimate of drug-likeness (QED) is 0.907. The highest BCUT2D eigenvalue weighted by atomic mass is 16.4. The van der Waals surface area contributed by atoms with Gasteiger partial charge in [0.15, 0.2) is 0 Å². The molecule has 2 N–H and O–H groups in total. The summed E-state index contributed by atoms with van der Waals surface area (Å²) in [6.07, 6.45) is 0.634. The molecule has 1 aromatic carbocycles. The van der Waals surface area contributed by atoms with E-state index in [0.29, 0.717) is 11.9 Å². The van der Waals surface area contributed by atoms with Crippen molar-refractivity contribution in [2.24, 2.45) is 0 Å². The highest BCUT2D eigenvalue weighted by Crippen LogP contribution is 2.31. The molecule has 2 aromatic rings. The van der Waals surface area contributed by atoms with E-state index in [2.05, 4.69) is 30.3 Å². The zero-order valence-electron chi connectivity index (χ0n) is 12.9. The van der Waals surface area contributed by atoms with Crippen LogP contribution in [0.5, 0.6) is 0 Å². The number of rotatable bonds is 4. The lowest BCUT2D eigenvalue weighted by atomic mass is 9.95. The number of hydrogen-bond acceptors (Lipinski definition) is 3. The molecule has 1 heterocycles. The van der Waals surface area contributed by atoms with Gasteiger partial charge in [0.2, 0.25) is 0 Å². The van der Waals surface area contributed by atoms with Crippen LogP contribution >= 0.6 is 0 Å². The Balaban J connectivity index is 2.69. The minimum atomic E-state index is -0.952. The molecule has 0 saturated heterocycles. The molecule has 0 saturated carbocycles. The van der Waals surface area contributed by atoms with Crippen molar-refractivity contribution in [3.05, 3.63) is 29.6 Å². The van der Waals surface area contributed by atoms with Crippen LogP contribution in [-0.2, 0) is 5.41 Å². The molecule has 21 heavy (non-hydrogen) atoms. The fraction of sp³-hybridized carbons (Fsp3) is 0.500. The Kier molecular flexibility index (Phi) is 4.05. The summed E-state index contributed by atoms with van der Waals surface area (Å²) in [6.45, 7) is 8.38. The molecule has 0 amide bonds. The van der Waals surface area contributed by atoms with Gasteiger partial charge >= 0.3 is 5.97 Å². The molecule has 0 aliphatic rings. The fourth-order valence-electron chi connectivity index (χ4n) is 2.52. The van der Waals surface area contributed by atoms with E-state index in [1.807, 2.05) is 6.92 Å². The van der Waals surface area contributed by atoms with Gasteiger partial charge in [-0.15, -0.1) is 0 Å². The highest BCUT2D eigenvalue weighted by Gasteiger charge is 2.25. The lowest BCUT2D eigenvalue weighted by Gasteiger charge is -2.24. The lowest BCUT2D eigenvalue weighted by Crippen LogP contribution is -2.21.